The molecule has 106 valence electrons. The molecule has 0 bridgehead atoms. The van der Waals surface area contributed by atoms with Crippen molar-refractivity contribution in [3.63, 3.8) is 0 Å². The van der Waals surface area contributed by atoms with E-state index in [1.54, 1.807) is 31.5 Å². The summed E-state index contributed by atoms with van der Waals surface area (Å²) in [6.45, 7) is 1.61. The number of amides is 1. The summed E-state index contributed by atoms with van der Waals surface area (Å²) in [5.74, 6) is -0.516. The van der Waals surface area contributed by atoms with Crippen molar-refractivity contribution in [3.8, 4) is 0 Å². The van der Waals surface area contributed by atoms with Gasteiger partial charge in [0.2, 0.25) is 0 Å². The molecule has 1 heterocycles. The number of carbonyl (C=O) groups excluding carboxylic acids is 1. The van der Waals surface area contributed by atoms with E-state index in [0.717, 1.165) is 5.56 Å². The number of aromatic nitrogens is 1. The van der Waals surface area contributed by atoms with Crippen LogP contribution in [-0.2, 0) is 0 Å². The molecule has 0 aliphatic carbocycles. The highest BCUT2D eigenvalue weighted by Crippen LogP contribution is 2.19. The first kappa shape index (κ1) is 14.3. The molecule has 7 heteroatoms. The summed E-state index contributed by atoms with van der Waals surface area (Å²) in [5.41, 5.74) is 3.62. The molecule has 0 aliphatic heterocycles. The number of nitrogens with one attached hydrogen (secondary N) is 1. The van der Waals surface area contributed by atoms with Crippen molar-refractivity contribution < 1.29 is 9.72 Å². The molecule has 1 aromatic carbocycles. The van der Waals surface area contributed by atoms with Crippen molar-refractivity contribution in [2.24, 2.45) is 5.10 Å². The van der Waals surface area contributed by atoms with Gasteiger partial charge in [-0.25, -0.2) is 5.43 Å². The van der Waals surface area contributed by atoms with Crippen LogP contribution in [0.3, 0.4) is 0 Å². The van der Waals surface area contributed by atoms with E-state index in [4.69, 9.17) is 0 Å². The number of hydrogen-bond donors (Lipinski definition) is 1. The van der Waals surface area contributed by atoms with E-state index in [1.807, 2.05) is 0 Å². The van der Waals surface area contributed by atoms with Crippen LogP contribution in [0, 0.1) is 17.0 Å². The highest BCUT2D eigenvalue weighted by molar-refractivity contribution is 5.95. The van der Waals surface area contributed by atoms with Crippen LogP contribution >= 0.6 is 0 Å². The zero-order valence-corrected chi connectivity index (χ0v) is 11.2. The fourth-order valence-electron chi connectivity index (χ4n) is 1.63. The predicted octanol–water partition coefficient (Wildman–Crippen LogP) is 2.06. The van der Waals surface area contributed by atoms with Crippen LogP contribution in [0.2, 0.25) is 0 Å². The standard InChI is InChI=1S/C14H12N4O3/c1-10-4-5-12(7-13(10)18(20)21)14(19)17-16-9-11-3-2-6-15-8-11/h2-9H,1H3,(H,17,19). The van der Waals surface area contributed by atoms with Crippen LogP contribution in [0.25, 0.3) is 0 Å². The fourth-order valence-corrected chi connectivity index (χ4v) is 1.63. The normalized spacial score (nSPS) is 10.5. The molecular weight excluding hydrogens is 272 g/mol. The Morgan fingerprint density at radius 2 is 2.24 bits per heavy atom. The van der Waals surface area contributed by atoms with Gasteiger partial charge in [0.05, 0.1) is 11.1 Å². The number of carbonyl (C=O) groups is 1. The van der Waals surface area contributed by atoms with Crippen molar-refractivity contribution in [2.75, 3.05) is 0 Å². The average molecular weight is 284 g/mol. The highest BCUT2D eigenvalue weighted by Gasteiger charge is 2.14. The number of benzene rings is 1. The molecule has 1 aromatic heterocycles. The van der Waals surface area contributed by atoms with Crippen molar-refractivity contribution in [1.29, 1.82) is 0 Å². The number of hydrogen-bond acceptors (Lipinski definition) is 5. The van der Waals surface area contributed by atoms with Crippen molar-refractivity contribution in [1.82, 2.24) is 10.4 Å². The van der Waals surface area contributed by atoms with Crippen LogP contribution in [-0.4, -0.2) is 22.0 Å². The summed E-state index contributed by atoms with van der Waals surface area (Å²) < 4.78 is 0. The second-order valence-corrected chi connectivity index (χ2v) is 4.24. The van der Waals surface area contributed by atoms with Crippen LogP contribution in [0.5, 0.6) is 0 Å². The van der Waals surface area contributed by atoms with Crippen molar-refractivity contribution in [2.45, 2.75) is 6.92 Å². The molecule has 21 heavy (non-hydrogen) atoms. The second kappa shape index (κ2) is 6.38. The maximum absolute atomic E-state index is 11.9. The van der Waals surface area contributed by atoms with Gasteiger partial charge in [-0.05, 0) is 19.1 Å². The number of nitro benzene ring substituents is 1. The molecule has 0 atom stereocenters. The molecule has 1 amide bonds. The molecule has 0 saturated carbocycles. The predicted molar refractivity (Wildman–Crippen MR) is 77.1 cm³/mol. The molecule has 0 saturated heterocycles. The molecule has 2 rings (SSSR count). The van der Waals surface area contributed by atoms with Crippen LogP contribution < -0.4 is 5.43 Å². The second-order valence-electron chi connectivity index (χ2n) is 4.24. The number of nitro groups is 1. The summed E-state index contributed by atoms with van der Waals surface area (Å²) in [6.07, 6.45) is 4.65. The minimum atomic E-state index is -0.523. The van der Waals surface area contributed by atoms with Gasteiger partial charge in [0.25, 0.3) is 11.6 Å². The molecule has 0 unspecified atom stereocenters. The Hall–Kier alpha value is -3.09. The Morgan fingerprint density at radius 1 is 1.43 bits per heavy atom. The Balaban J connectivity index is 2.09. The van der Waals surface area contributed by atoms with Gasteiger partial charge in [-0.3, -0.25) is 19.9 Å². The van der Waals surface area contributed by atoms with E-state index in [1.165, 1.54) is 24.4 Å². The van der Waals surface area contributed by atoms with Crippen LogP contribution in [0.4, 0.5) is 5.69 Å². The summed E-state index contributed by atoms with van der Waals surface area (Å²) in [6, 6.07) is 7.78. The Kier molecular flexibility index (Phi) is 4.35. The zero-order chi connectivity index (χ0) is 15.2. The summed E-state index contributed by atoms with van der Waals surface area (Å²) in [7, 11) is 0. The molecule has 0 fully saturated rings. The number of pyridine rings is 1. The molecule has 2 aromatic rings. The van der Waals surface area contributed by atoms with Crippen LogP contribution in [0.15, 0.2) is 47.8 Å². The van der Waals surface area contributed by atoms with Crippen molar-refractivity contribution in [3.05, 3.63) is 69.5 Å². The first-order chi connectivity index (χ1) is 10.1. The van der Waals surface area contributed by atoms with Gasteiger partial charge in [-0.15, -0.1) is 0 Å². The zero-order valence-electron chi connectivity index (χ0n) is 11.2. The molecule has 7 nitrogen and oxygen atoms in total. The van der Waals surface area contributed by atoms with Crippen LogP contribution in [0.1, 0.15) is 21.5 Å². The lowest BCUT2D eigenvalue weighted by atomic mass is 10.1. The van der Waals surface area contributed by atoms with E-state index in [0.29, 0.717) is 5.56 Å². The van der Waals surface area contributed by atoms with E-state index in [9.17, 15) is 14.9 Å². The van der Waals surface area contributed by atoms with Gasteiger partial charge in [0, 0.05) is 35.2 Å². The monoisotopic (exact) mass is 284 g/mol. The summed E-state index contributed by atoms with van der Waals surface area (Å²) >= 11 is 0. The third-order valence-corrected chi connectivity index (χ3v) is 2.73. The minimum absolute atomic E-state index is 0.0983. The number of rotatable bonds is 4. The maximum Gasteiger partial charge on any atom is 0.273 e. The van der Waals surface area contributed by atoms with Gasteiger partial charge in [0.1, 0.15) is 0 Å². The molecular formula is C14H12N4O3. The maximum atomic E-state index is 11.9. The van der Waals surface area contributed by atoms with E-state index < -0.39 is 10.8 Å². The Bertz CT molecular complexity index is 699. The topological polar surface area (TPSA) is 97.5 Å². The number of aryl methyl sites for hydroxylation is 1. The van der Waals surface area contributed by atoms with Gasteiger partial charge in [0.15, 0.2) is 0 Å². The first-order valence-electron chi connectivity index (χ1n) is 6.06. The van der Waals surface area contributed by atoms with E-state index in [2.05, 4.69) is 15.5 Å². The lowest BCUT2D eigenvalue weighted by Crippen LogP contribution is -2.17. The smallest absolute Gasteiger partial charge is 0.267 e. The minimum Gasteiger partial charge on any atom is -0.267 e. The number of hydrazone groups is 1. The fraction of sp³-hybridized carbons (Fsp3) is 0.0714. The average Bonchev–Trinajstić information content (AvgIpc) is 2.48. The Morgan fingerprint density at radius 3 is 2.90 bits per heavy atom. The van der Waals surface area contributed by atoms with Gasteiger partial charge in [-0.1, -0.05) is 12.1 Å². The number of nitrogens with zero attached hydrogens (tertiary/aromatic N) is 3. The molecule has 0 radical (unpaired) electrons. The van der Waals surface area contributed by atoms with E-state index >= 15 is 0 Å². The lowest BCUT2D eigenvalue weighted by molar-refractivity contribution is -0.385. The van der Waals surface area contributed by atoms with E-state index in [-0.39, 0.29) is 11.3 Å². The SMILES string of the molecule is Cc1ccc(C(=O)NN=Cc2cccnc2)cc1[N+](=O)[O-]. The van der Waals surface area contributed by atoms with Gasteiger partial charge in [-0.2, -0.15) is 5.10 Å². The first-order valence-corrected chi connectivity index (χ1v) is 6.06. The molecule has 1 N–H and O–H groups in total. The molecule has 0 aliphatic rings. The Labute approximate surface area is 120 Å². The quantitative estimate of drug-likeness (QED) is 0.528. The summed E-state index contributed by atoms with van der Waals surface area (Å²) in [5, 5.41) is 14.6. The van der Waals surface area contributed by atoms with Gasteiger partial charge < -0.3 is 0 Å². The molecule has 0 spiro atoms. The summed E-state index contributed by atoms with van der Waals surface area (Å²) in [4.78, 5) is 26.1. The highest BCUT2D eigenvalue weighted by atomic mass is 16.6. The van der Waals surface area contributed by atoms with Crippen molar-refractivity contribution >= 4 is 17.8 Å². The largest absolute Gasteiger partial charge is 0.273 e. The lowest BCUT2D eigenvalue weighted by Gasteiger charge is -2.02. The van der Waals surface area contributed by atoms with Gasteiger partial charge >= 0.3 is 0 Å². The third-order valence-electron chi connectivity index (χ3n) is 2.73. The third kappa shape index (κ3) is 3.69.